The molecule has 0 fully saturated rings. The lowest BCUT2D eigenvalue weighted by Gasteiger charge is -2.02. The second-order valence-corrected chi connectivity index (χ2v) is 2.78. The Hall–Kier alpha value is -1.57. The van der Waals surface area contributed by atoms with Gasteiger partial charge in [-0.1, -0.05) is 0 Å². The summed E-state index contributed by atoms with van der Waals surface area (Å²) in [6.07, 6.45) is 0. The topological polar surface area (TPSA) is 63.3 Å². The van der Waals surface area contributed by atoms with Gasteiger partial charge in [0.2, 0.25) is 5.82 Å². The Labute approximate surface area is 96.6 Å². The minimum atomic E-state index is -2.21. The van der Waals surface area contributed by atoms with Crippen LogP contribution in [0.5, 0.6) is 0 Å². The fourth-order valence-corrected chi connectivity index (χ4v) is 0.622. The number of rotatable bonds is 1. The van der Waals surface area contributed by atoms with Gasteiger partial charge in [0.05, 0.1) is 0 Å². The highest BCUT2D eigenvalue weighted by molar-refractivity contribution is 6.26. The summed E-state index contributed by atoms with van der Waals surface area (Å²) in [5, 5.41) is 7.59. The molecule has 0 heterocycles. The van der Waals surface area contributed by atoms with Crippen molar-refractivity contribution in [2.75, 3.05) is 11.6 Å². The molecule has 17 heavy (non-hydrogen) atoms. The highest BCUT2D eigenvalue weighted by Gasteiger charge is 2.23. The van der Waals surface area contributed by atoms with E-state index in [4.69, 9.17) is 16.7 Å². The molecule has 9 heteroatoms. The van der Waals surface area contributed by atoms with Crippen LogP contribution in [0.1, 0.15) is 0 Å². The number of carboxylic acids is 1. The third-order valence-corrected chi connectivity index (χ3v) is 1.59. The maximum Gasteiger partial charge on any atom is 0.318 e. The van der Waals surface area contributed by atoms with Gasteiger partial charge in [-0.25, -0.2) is 22.0 Å². The van der Waals surface area contributed by atoms with Gasteiger partial charge in [-0.2, -0.15) is 0 Å². The van der Waals surface area contributed by atoms with Gasteiger partial charge in [-0.05, 0) is 0 Å². The first-order chi connectivity index (χ1) is 7.73. The Morgan fingerprint density at radius 3 is 1.47 bits per heavy atom. The molecule has 3 nitrogen and oxygen atoms in total. The summed E-state index contributed by atoms with van der Waals surface area (Å²) in [7, 11) is 0. The molecule has 0 saturated heterocycles. The van der Waals surface area contributed by atoms with E-state index in [9.17, 15) is 26.7 Å². The van der Waals surface area contributed by atoms with Gasteiger partial charge in [-0.15, -0.1) is 11.6 Å². The normalized spacial score (nSPS) is 9.53. The maximum atomic E-state index is 12.3. The van der Waals surface area contributed by atoms with Crippen LogP contribution in [0.4, 0.5) is 27.6 Å². The monoisotopic (exact) mass is 277 g/mol. The van der Waals surface area contributed by atoms with Crippen molar-refractivity contribution in [3.05, 3.63) is 29.1 Å². The van der Waals surface area contributed by atoms with Gasteiger partial charge >= 0.3 is 5.97 Å². The minimum absolute atomic E-state index is 0.306. The van der Waals surface area contributed by atoms with Crippen molar-refractivity contribution in [3.8, 4) is 0 Å². The van der Waals surface area contributed by atoms with Gasteiger partial charge in [0.15, 0.2) is 23.3 Å². The van der Waals surface area contributed by atoms with Crippen LogP contribution in [0.15, 0.2) is 0 Å². The first-order valence-electron chi connectivity index (χ1n) is 3.78. The molecular weight excluding hydrogens is 273 g/mol. The molecule has 0 amide bonds. The Morgan fingerprint density at radius 2 is 1.24 bits per heavy atom. The molecule has 0 aliphatic carbocycles. The Balaban J connectivity index is 0.000000437. The number of hydrogen-bond donors (Lipinski definition) is 2. The number of carboxylic acid groups (broad SMARTS) is 1. The predicted octanol–water partition coefficient (Wildman–Crippen LogP) is 2.27. The molecule has 0 atom stereocenters. The van der Waals surface area contributed by atoms with Crippen LogP contribution in [-0.4, -0.2) is 17.0 Å². The van der Waals surface area contributed by atoms with Gasteiger partial charge in [0.1, 0.15) is 11.6 Å². The molecule has 0 aliphatic rings. The van der Waals surface area contributed by atoms with Crippen LogP contribution in [0.25, 0.3) is 0 Å². The fraction of sp³-hybridized carbons (Fsp3) is 0.125. The summed E-state index contributed by atoms with van der Waals surface area (Å²) >= 11 is 4.74. The second-order valence-electron chi connectivity index (χ2n) is 2.51. The minimum Gasteiger partial charge on any atom is -0.480 e. The molecular formula is C8H5ClF5NO2. The summed E-state index contributed by atoms with van der Waals surface area (Å²) < 4.78 is 61.1. The van der Waals surface area contributed by atoms with Crippen LogP contribution in [0, 0.1) is 29.1 Å². The van der Waals surface area contributed by atoms with E-state index in [1.807, 2.05) is 0 Å². The van der Waals surface area contributed by atoms with Crippen molar-refractivity contribution < 1.29 is 31.9 Å². The summed E-state index contributed by atoms with van der Waals surface area (Å²) in [6.45, 7) is 0. The standard InChI is InChI=1S/C6H2F5N.C2H3ClO2/c7-1-2(8)4(10)6(12)5(11)3(1)9;3-1-2(4)5/h12H2;1H2,(H,4,5). The van der Waals surface area contributed by atoms with E-state index in [0.29, 0.717) is 0 Å². The third-order valence-electron chi connectivity index (χ3n) is 1.36. The van der Waals surface area contributed by atoms with E-state index in [1.165, 1.54) is 0 Å². The third kappa shape index (κ3) is 3.74. The molecule has 0 saturated carbocycles. The van der Waals surface area contributed by atoms with Crippen molar-refractivity contribution in [2.24, 2.45) is 0 Å². The molecule has 1 aromatic carbocycles. The number of aliphatic carboxylic acids is 1. The summed E-state index contributed by atoms with van der Waals surface area (Å²) in [4.78, 5) is 9.24. The zero-order chi connectivity index (χ0) is 13.7. The molecule has 96 valence electrons. The molecule has 0 unspecified atom stereocenters. The van der Waals surface area contributed by atoms with Crippen molar-refractivity contribution >= 4 is 23.3 Å². The largest absolute Gasteiger partial charge is 0.480 e. The number of carbonyl (C=O) groups is 1. The average molecular weight is 278 g/mol. The van der Waals surface area contributed by atoms with E-state index in [1.54, 1.807) is 0 Å². The van der Waals surface area contributed by atoms with Crippen LogP contribution in [-0.2, 0) is 4.79 Å². The number of nitrogens with two attached hydrogens (primary N) is 1. The van der Waals surface area contributed by atoms with E-state index >= 15 is 0 Å². The Morgan fingerprint density at radius 1 is 1.00 bits per heavy atom. The number of nitrogen functional groups attached to an aromatic ring is 1. The molecule has 3 N–H and O–H groups in total. The number of halogens is 6. The first kappa shape index (κ1) is 15.4. The van der Waals surface area contributed by atoms with Crippen molar-refractivity contribution in [1.29, 1.82) is 0 Å². The maximum absolute atomic E-state index is 12.3. The highest BCUT2D eigenvalue weighted by Crippen LogP contribution is 2.23. The average Bonchev–Trinajstić information content (AvgIpc) is 2.32. The zero-order valence-electron chi connectivity index (χ0n) is 7.91. The van der Waals surface area contributed by atoms with Crippen molar-refractivity contribution in [3.63, 3.8) is 0 Å². The predicted molar refractivity (Wildman–Crippen MR) is 49.0 cm³/mol. The zero-order valence-corrected chi connectivity index (χ0v) is 8.66. The number of hydrogen-bond acceptors (Lipinski definition) is 2. The Bertz CT molecular complexity index is 335. The lowest BCUT2D eigenvalue weighted by molar-refractivity contribution is -0.134. The molecule has 0 radical (unpaired) electrons. The van der Waals surface area contributed by atoms with Gasteiger partial charge in [0.25, 0.3) is 0 Å². The van der Waals surface area contributed by atoms with Crippen molar-refractivity contribution in [1.82, 2.24) is 0 Å². The van der Waals surface area contributed by atoms with Gasteiger partial charge in [0, 0.05) is 0 Å². The van der Waals surface area contributed by atoms with E-state index in [-0.39, 0.29) is 5.88 Å². The smallest absolute Gasteiger partial charge is 0.318 e. The quantitative estimate of drug-likeness (QED) is 0.272. The molecule has 0 aliphatic heterocycles. The number of benzene rings is 1. The Kier molecular flexibility index (Phi) is 5.66. The molecule has 1 rings (SSSR count). The molecule has 1 aromatic rings. The molecule has 0 aromatic heterocycles. The number of alkyl halides is 1. The van der Waals surface area contributed by atoms with Crippen LogP contribution in [0.2, 0.25) is 0 Å². The highest BCUT2D eigenvalue weighted by atomic mass is 35.5. The molecule has 0 spiro atoms. The summed E-state index contributed by atoms with van der Waals surface area (Å²) in [5.74, 6) is -11.6. The number of anilines is 1. The summed E-state index contributed by atoms with van der Waals surface area (Å²) in [5.41, 5.74) is 3.19. The van der Waals surface area contributed by atoms with Gasteiger partial charge < -0.3 is 10.8 Å². The van der Waals surface area contributed by atoms with Gasteiger partial charge in [-0.3, -0.25) is 4.79 Å². The first-order valence-corrected chi connectivity index (χ1v) is 4.32. The second kappa shape index (κ2) is 6.24. The fourth-order valence-electron chi connectivity index (χ4n) is 0.622. The van der Waals surface area contributed by atoms with Crippen molar-refractivity contribution in [2.45, 2.75) is 0 Å². The lowest BCUT2D eigenvalue weighted by atomic mass is 10.2. The lowest BCUT2D eigenvalue weighted by Crippen LogP contribution is -2.05. The van der Waals surface area contributed by atoms with Crippen LogP contribution in [0.3, 0.4) is 0 Å². The van der Waals surface area contributed by atoms with Crippen LogP contribution < -0.4 is 5.73 Å². The van der Waals surface area contributed by atoms with E-state index < -0.39 is 40.7 Å². The van der Waals surface area contributed by atoms with E-state index in [2.05, 4.69) is 5.73 Å². The van der Waals surface area contributed by atoms with Crippen LogP contribution >= 0.6 is 11.6 Å². The SMILES string of the molecule is Nc1c(F)c(F)c(F)c(F)c1F.O=C(O)CCl. The van der Waals surface area contributed by atoms with E-state index in [0.717, 1.165) is 0 Å². The summed E-state index contributed by atoms with van der Waals surface area (Å²) in [6, 6.07) is 0. The molecule has 0 bridgehead atoms.